The van der Waals surface area contributed by atoms with Crippen LogP contribution in [-0.2, 0) is 19.2 Å². The topological polar surface area (TPSA) is 135 Å². The van der Waals surface area contributed by atoms with Gasteiger partial charge in [0.25, 0.3) is 11.8 Å². The Kier molecular flexibility index (Phi) is 6.18. The number of likely N-dealkylation sites (tertiary alicyclic amines) is 1. The number of aromatic hydroxyl groups is 1. The minimum absolute atomic E-state index is 0.0948. The second kappa shape index (κ2) is 9.06. The van der Waals surface area contributed by atoms with Crippen LogP contribution >= 0.6 is 34.8 Å². The Balaban J connectivity index is 1.51. The molecule has 2 aromatic rings. The summed E-state index contributed by atoms with van der Waals surface area (Å²) in [5.74, 6) is -6.00. The Morgan fingerprint density at radius 1 is 0.975 bits per heavy atom. The predicted molar refractivity (Wildman–Crippen MR) is 147 cm³/mol. The SMILES string of the molecule is CN1C(=O)[C@]2(Cl)C[C@@H]3C(=CC[C@@H]4C(=O)N(c5cccc(B(O)O)c5)C(=O)[C@@H]43)[C@H](c3ccc(O)cc3Cl)[C@]2(Cl)C1=O. The molecule has 2 aromatic carbocycles. The highest BCUT2D eigenvalue weighted by Gasteiger charge is 2.76. The van der Waals surface area contributed by atoms with Crippen LogP contribution in [0.1, 0.15) is 24.3 Å². The minimum Gasteiger partial charge on any atom is -0.508 e. The number of phenolic OH excluding ortho intramolecular Hbond substituents is 1. The summed E-state index contributed by atoms with van der Waals surface area (Å²) >= 11 is 20.8. The van der Waals surface area contributed by atoms with E-state index in [9.17, 15) is 34.3 Å². The number of imide groups is 2. The molecule has 3 fully saturated rings. The average Bonchev–Trinajstić information content (AvgIpc) is 3.24. The number of halogens is 3. The van der Waals surface area contributed by atoms with Crippen LogP contribution in [0.4, 0.5) is 5.69 Å². The zero-order valence-corrected chi connectivity index (χ0v) is 23.2. The molecule has 2 aliphatic heterocycles. The summed E-state index contributed by atoms with van der Waals surface area (Å²) in [6.07, 6.45) is 1.76. The smallest absolute Gasteiger partial charge is 0.488 e. The lowest BCUT2D eigenvalue weighted by Gasteiger charge is -2.51. The van der Waals surface area contributed by atoms with Gasteiger partial charge in [-0.15, -0.1) is 23.2 Å². The van der Waals surface area contributed by atoms with Gasteiger partial charge in [0.15, 0.2) is 9.75 Å². The molecule has 0 unspecified atom stereocenters. The van der Waals surface area contributed by atoms with E-state index >= 15 is 0 Å². The maximum absolute atomic E-state index is 14.0. The average molecular weight is 604 g/mol. The zero-order chi connectivity index (χ0) is 28.9. The fourth-order valence-corrected chi connectivity index (χ4v) is 8.21. The van der Waals surface area contributed by atoms with Crippen LogP contribution < -0.4 is 10.4 Å². The largest absolute Gasteiger partial charge is 0.508 e. The molecule has 4 aliphatic rings. The van der Waals surface area contributed by atoms with Crippen LogP contribution in [-0.4, -0.2) is 67.6 Å². The highest BCUT2D eigenvalue weighted by atomic mass is 35.5. The number of carbonyl (C=O) groups excluding carboxylic acids is 4. The van der Waals surface area contributed by atoms with Gasteiger partial charge in [-0.25, -0.2) is 0 Å². The molecular formula is C27H22BCl3N2O7. The van der Waals surface area contributed by atoms with E-state index in [1.54, 1.807) is 6.08 Å². The maximum Gasteiger partial charge on any atom is 0.488 e. The quantitative estimate of drug-likeness (QED) is 0.211. The lowest BCUT2D eigenvalue weighted by Crippen LogP contribution is -2.60. The van der Waals surface area contributed by atoms with Crippen molar-refractivity contribution in [3.05, 3.63) is 64.7 Å². The highest BCUT2D eigenvalue weighted by Crippen LogP contribution is 2.65. The number of allylic oxidation sites excluding steroid dienone is 2. The van der Waals surface area contributed by atoms with E-state index in [2.05, 4.69) is 0 Å². The Morgan fingerprint density at radius 3 is 2.38 bits per heavy atom. The van der Waals surface area contributed by atoms with Gasteiger partial charge in [0, 0.05) is 18.0 Å². The maximum atomic E-state index is 14.0. The number of rotatable bonds is 3. The Labute approximate surface area is 244 Å². The molecule has 3 N–H and O–H groups in total. The molecule has 1 saturated carbocycles. The molecule has 206 valence electrons. The highest BCUT2D eigenvalue weighted by molar-refractivity contribution is 6.58. The Bertz CT molecular complexity index is 1550. The summed E-state index contributed by atoms with van der Waals surface area (Å²) in [6.45, 7) is 0. The number of hydrogen-bond donors (Lipinski definition) is 3. The van der Waals surface area contributed by atoms with Crippen molar-refractivity contribution in [3.8, 4) is 5.75 Å². The van der Waals surface area contributed by atoms with Crippen LogP contribution in [0.2, 0.25) is 5.02 Å². The van der Waals surface area contributed by atoms with E-state index in [0.29, 0.717) is 11.1 Å². The van der Waals surface area contributed by atoms with Gasteiger partial charge >= 0.3 is 7.12 Å². The summed E-state index contributed by atoms with van der Waals surface area (Å²) in [5.41, 5.74) is 1.21. The van der Waals surface area contributed by atoms with Crippen molar-refractivity contribution in [2.45, 2.75) is 28.5 Å². The number of fused-ring (bicyclic) bond motifs is 4. The third-order valence-corrected chi connectivity index (χ3v) is 10.5. The molecule has 0 bridgehead atoms. The zero-order valence-electron chi connectivity index (χ0n) is 20.9. The van der Waals surface area contributed by atoms with Crippen molar-refractivity contribution in [2.75, 3.05) is 11.9 Å². The number of benzene rings is 2. The molecule has 13 heteroatoms. The number of anilines is 1. The first kappa shape index (κ1) is 27.3. The third-order valence-electron chi connectivity index (χ3n) is 8.74. The Morgan fingerprint density at radius 2 is 1.70 bits per heavy atom. The Hall–Kier alpha value is -2.89. The van der Waals surface area contributed by atoms with Gasteiger partial charge in [-0.3, -0.25) is 29.0 Å². The monoisotopic (exact) mass is 602 g/mol. The van der Waals surface area contributed by atoms with Gasteiger partial charge in [-0.1, -0.05) is 41.4 Å². The summed E-state index contributed by atoms with van der Waals surface area (Å²) in [7, 11) is -0.504. The van der Waals surface area contributed by atoms with Gasteiger partial charge in [0.1, 0.15) is 5.75 Å². The predicted octanol–water partition coefficient (Wildman–Crippen LogP) is 1.92. The van der Waals surface area contributed by atoms with Crippen molar-refractivity contribution in [1.29, 1.82) is 0 Å². The number of amides is 4. The second-order valence-electron chi connectivity index (χ2n) is 10.7. The molecular weight excluding hydrogens is 581 g/mol. The molecule has 6 atom stereocenters. The standard InChI is InChI=1S/C27H22BCl3N2O7/c1-32-24(37)26(30)11-18-15(21(27(26,31)25(32)38)16-6-5-14(34)10-19(16)29)7-8-17-20(18)23(36)33(22(17)35)13-4-2-3-12(9-13)28(39)40/h2-7,9-10,17-18,20-21,34,39-40H,8,11H2,1H3/t17-,18+,20-,21+,26+,27-/m0/s1. The molecule has 4 amide bonds. The fraction of sp³-hybridized carbons (Fsp3) is 0.333. The van der Waals surface area contributed by atoms with Crippen molar-refractivity contribution in [3.63, 3.8) is 0 Å². The van der Waals surface area contributed by atoms with Gasteiger partial charge < -0.3 is 15.2 Å². The molecule has 2 aliphatic carbocycles. The summed E-state index contributed by atoms with van der Waals surface area (Å²) < 4.78 is 0. The van der Waals surface area contributed by atoms with E-state index in [4.69, 9.17) is 34.8 Å². The van der Waals surface area contributed by atoms with E-state index in [1.807, 2.05) is 0 Å². The first-order valence-electron chi connectivity index (χ1n) is 12.6. The van der Waals surface area contributed by atoms with Crippen LogP contribution in [0.3, 0.4) is 0 Å². The molecule has 0 radical (unpaired) electrons. The van der Waals surface area contributed by atoms with Gasteiger partial charge in [0.2, 0.25) is 11.8 Å². The molecule has 40 heavy (non-hydrogen) atoms. The number of carbonyl (C=O) groups is 4. The minimum atomic E-state index is -1.98. The number of phenols is 1. The van der Waals surface area contributed by atoms with Gasteiger partial charge in [-0.05, 0) is 54.1 Å². The first-order valence-corrected chi connectivity index (χ1v) is 13.7. The van der Waals surface area contributed by atoms with Crippen LogP contribution in [0.5, 0.6) is 5.75 Å². The van der Waals surface area contributed by atoms with Crippen molar-refractivity contribution in [1.82, 2.24) is 4.90 Å². The van der Waals surface area contributed by atoms with Crippen molar-refractivity contribution >= 4 is 76.7 Å². The summed E-state index contributed by atoms with van der Waals surface area (Å²) in [6, 6.07) is 10.0. The van der Waals surface area contributed by atoms with E-state index in [-0.39, 0.29) is 34.8 Å². The summed E-state index contributed by atoms with van der Waals surface area (Å²) in [4.78, 5) is 52.6. The van der Waals surface area contributed by atoms with E-state index in [0.717, 1.165) is 9.80 Å². The van der Waals surface area contributed by atoms with Gasteiger partial charge in [-0.2, -0.15) is 0 Å². The molecule has 6 rings (SSSR count). The van der Waals surface area contributed by atoms with Crippen LogP contribution in [0, 0.1) is 17.8 Å². The number of alkyl halides is 2. The molecule has 9 nitrogen and oxygen atoms in total. The molecule has 0 aromatic heterocycles. The third kappa shape index (κ3) is 3.43. The second-order valence-corrected chi connectivity index (χ2v) is 12.3. The van der Waals surface area contributed by atoms with Crippen LogP contribution in [0.25, 0.3) is 0 Å². The lowest BCUT2D eigenvalue weighted by atomic mass is 9.56. The van der Waals surface area contributed by atoms with Crippen molar-refractivity contribution < 1.29 is 34.3 Å². The summed E-state index contributed by atoms with van der Waals surface area (Å²) in [5, 5.41) is 29.3. The fourth-order valence-electron chi connectivity index (χ4n) is 6.92. The lowest BCUT2D eigenvalue weighted by molar-refractivity contribution is -0.138. The molecule has 2 saturated heterocycles. The number of nitrogens with zero attached hydrogens (tertiary/aromatic N) is 2. The first-order chi connectivity index (χ1) is 18.8. The van der Waals surface area contributed by atoms with Crippen molar-refractivity contribution in [2.24, 2.45) is 17.8 Å². The van der Waals surface area contributed by atoms with E-state index in [1.165, 1.54) is 49.5 Å². The normalized spacial score (nSPS) is 33.1. The molecule has 0 spiro atoms. The van der Waals surface area contributed by atoms with Crippen LogP contribution in [0.15, 0.2) is 54.1 Å². The van der Waals surface area contributed by atoms with Gasteiger partial charge in [0.05, 0.1) is 17.5 Å². The van der Waals surface area contributed by atoms with E-state index < -0.39 is 64.2 Å². The molecule has 2 heterocycles. The number of hydrogen-bond acceptors (Lipinski definition) is 7.